The Kier molecular flexibility index (Phi) is 2.95. The summed E-state index contributed by atoms with van der Waals surface area (Å²) in [4.78, 5) is 10.1. The van der Waals surface area contributed by atoms with Crippen LogP contribution in [0.3, 0.4) is 0 Å². The van der Waals surface area contributed by atoms with Gasteiger partial charge in [0.15, 0.2) is 0 Å². The summed E-state index contributed by atoms with van der Waals surface area (Å²) in [6.07, 6.45) is 0.500. The number of aliphatic hydroxyl groups is 1. The molecule has 3 heteroatoms. The van der Waals surface area contributed by atoms with Crippen LogP contribution in [0.2, 0.25) is 0 Å². The maximum Gasteiger partial charge on any atom is 0.333 e. The Morgan fingerprint density at radius 3 is 2.11 bits per heavy atom. The summed E-state index contributed by atoms with van der Waals surface area (Å²) in [7, 11) is 0. The fourth-order valence-electron chi connectivity index (χ4n) is 0.543. The van der Waals surface area contributed by atoms with Crippen molar-refractivity contribution in [2.45, 2.75) is 20.0 Å². The quantitative estimate of drug-likeness (QED) is 0.532. The topological polar surface area (TPSA) is 57.5 Å². The van der Waals surface area contributed by atoms with E-state index in [2.05, 4.69) is 0 Å². The van der Waals surface area contributed by atoms with Crippen molar-refractivity contribution >= 4 is 5.97 Å². The predicted octanol–water partition coefficient (Wildman–Crippen LogP) is 0.398. The zero-order valence-corrected chi connectivity index (χ0v) is 5.46. The molecule has 0 aliphatic carbocycles. The first-order valence-corrected chi connectivity index (χ1v) is 2.67. The minimum atomic E-state index is -1.06. The highest BCUT2D eigenvalue weighted by Crippen LogP contribution is 1.99. The molecule has 0 radical (unpaired) electrons. The SMILES string of the molecule is C/C=C(/C(=O)O)C(C)O. The molecule has 0 amide bonds. The monoisotopic (exact) mass is 130 g/mol. The summed E-state index contributed by atoms with van der Waals surface area (Å²) in [5, 5.41) is 17.0. The van der Waals surface area contributed by atoms with E-state index >= 15 is 0 Å². The maximum atomic E-state index is 10.1. The Bertz CT molecular complexity index is 135. The van der Waals surface area contributed by atoms with E-state index in [9.17, 15) is 4.79 Å². The van der Waals surface area contributed by atoms with E-state index in [1.54, 1.807) is 6.92 Å². The first-order chi connectivity index (χ1) is 4.09. The van der Waals surface area contributed by atoms with E-state index in [1.165, 1.54) is 13.0 Å². The third-order valence-electron chi connectivity index (χ3n) is 1.01. The summed E-state index contributed by atoms with van der Waals surface area (Å²) in [5.41, 5.74) is 0.0370. The van der Waals surface area contributed by atoms with Crippen LogP contribution in [-0.4, -0.2) is 22.3 Å². The second kappa shape index (κ2) is 3.25. The highest BCUT2D eigenvalue weighted by Gasteiger charge is 2.10. The second-order valence-electron chi connectivity index (χ2n) is 1.73. The zero-order chi connectivity index (χ0) is 7.44. The van der Waals surface area contributed by atoms with Crippen molar-refractivity contribution in [3.05, 3.63) is 11.6 Å². The molecule has 9 heavy (non-hydrogen) atoms. The van der Waals surface area contributed by atoms with Gasteiger partial charge in [0.25, 0.3) is 0 Å². The molecule has 0 saturated heterocycles. The number of aliphatic carboxylic acids is 1. The molecule has 0 rings (SSSR count). The smallest absolute Gasteiger partial charge is 0.333 e. The molecule has 0 bridgehead atoms. The number of carbonyl (C=O) groups is 1. The lowest BCUT2D eigenvalue weighted by atomic mass is 10.1. The van der Waals surface area contributed by atoms with Crippen molar-refractivity contribution in [3.63, 3.8) is 0 Å². The molecular weight excluding hydrogens is 120 g/mol. The fourth-order valence-corrected chi connectivity index (χ4v) is 0.543. The zero-order valence-electron chi connectivity index (χ0n) is 5.46. The summed E-state index contributed by atoms with van der Waals surface area (Å²) in [6.45, 7) is 3.00. The molecule has 0 aromatic rings. The van der Waals surface area contributed by atoms with E-state index in [0.29, 0.717) is 0 Å². The first kappa shape index (κ1) is 8.17. The van der Waals surface area contributed by atoms with Crippen molar-refractivity contribution in [1.82, 2.24) is 0 Å². The van der Waals surface area contributed by atoms with Crippen molar-refractivity contribution in [2.24, 2.45) is 0 Å². The van der Waals surface area contributed by atoms with Crippen LogP contribution in [0.5, 0.6) is 0 Å². The summed E-state index contributed by atoms with van der Waals surface area (Å²) >= 11 is 0. The van der Waals surface area contributed by atoms with Crippen LogP contribution < -0.4 is 0 Å². The molecule has 0 saturated carbocycles. The summed E-state index contributed by atoms with van der Waals surface area (Å²) < 4.78 is 0. The predicted molar refractivity (Wildman–Crippen MR) is 33.1 cm³/mol. The van der Waals surface area contributed by atoms with Gasteiger partial charge in [0.05, 0.1) is 11.7 Å². The molecule has 0 aromatic carbocycles. The third kappa shape index (κ3) is 2.28. The normalized spacial score (nSPS) is 15.2. The van der Waals surface area contributed by atoms with E-state index < -0.39 is 12.1 Å². The molecule has 0 spiro atoms. The molecule has 1 unspecified atom stereocenters. The number of rotatable bonds is 2. The van der Waals surface area contributed by atoms with E-state index in [-0.39, 0.29) is 5.57 Å². The number of allylic oxidation sites excluding steroid dienone is 1. The molecule has 1 atom stereocenters. The average Bonchev–Trinajstić information content (AvgIpc) is 1.64. The number of hydrogen-bond donors (Lipinski definition) is 2. The van der Waals surface area contributed by atoms with Crippen LogP contribution in [0.25, 0.3) is 0 Å². The first-order valence-electron chi connectivity index (χ1n) is 2.67. The van der Waals surface area contributed by atoms with Gasteiger partial charge >= 0.3 is 5.97 Å². The summed E-state index contributed by atoms with van der Waals surface area (Å²) in [5.74, 6) is -1.06. The highest BCUT2D eigenvalue weighted by molar-refractivity contribution is 5.87. The fraction of sp³-hybridized carbons (Fsp3) is 0.500. The standard InChI is InChI=1S/C6H10O3/c1-3-5(4(2)7)6(8)9/h3-4,7H,1-2H3,(H,8,9)/b5-3+. The molecular formula is C6H10O3. The van der Waals surface area contributed by atoms with Crippen molar-refractivity contribution in [2.75, 3.05) is 0 Å². The van der Waals surface area contributed by atoms with Gasteiger partial charge in [-0.1, -0.05) is 6.08 Å². The molecule has 0 heterocycles. The van der Waals surface area contributed by atoms with Crippen LogP contribution in [0.1, 0.15) is 13.8 Å². The molecule has 2 N–H and O–H groups in total. The van der Waals surface area contributed by atoms with E-state index in [0.717, 1.165) is 0 Å². The van der Waals surface area contributed by atoms with Gasteiger partial charge in [-0.05, 0) is 13.8 Å². The molecule has 0 aliphatic rings. The Hall–Kier alpha value is -0.830. The Balaban J connectivity index is 4.19. The minimum Gasteiger partial charge on any atom is -0.478 e. The number of hydrogen-bond acceptors (Lipinski definition) is 2. The van der Waals surface area contributed by atoms with Crippen LogP contribution in [0.4, 0.5) is 0 Å². The average molecular weight is 130 g/mol. The Morgan fingerprint density at radius 1 is 1.67 bits per heavy atom. The highest BCUT2D eigenvalue weighted by atomic mass is 16.4. The van der Waals surface area contributed by atoms with Crippen LogP contribution >= 0.6 is 0 Å². The van der Waals surface area contributed by atoms with Gasteiger partial charge in [0.2, 0.25) is 0 Å². The maximum absolute atomic E-state index is 10.1. The van der Waals surface area contributed by atoms with Gasteiger partial charge in [-0.25, -0.2) is 4.79 Å². The Labute approximate surface area is 53.6 Å². The van der Waals surface area contributed by atoms with Gasteiger partial charge < -0.3 is 10.2 Å². The van der Waals surface area contributed by atoms with Crippen LogP contribution in [0, 0.1) is 0 Å². The molecule has 0 aromatic heterocycles. The lowest BCUT2D eigenvalue weighted by Gasteiger charge is -2.01. The van der Waals surface area contributed by atoms with Gasteiger partial charge in [-0.3, -0.25) is 0 Å². The van der Waals surface area contributed by atoms with Gasteiger partial charge in [0, 0.05) is 0 Å². The second-order valence-corrected chi connectivity index (χ2v) is 1.73. The van der Waals surface area contributed by atoms with E-state index in [1.807, 2.05) is 0 Å². The molecule has 3 nitrogen and oxygen atoms in total. The molecule has 0 aliphatic heterocycles. The van der Waals surface area contributed by atoms with Gasteiger partial charge in [0.1, 0.15) is 0 Å². The lowest BCUT2D eigenvalue weighted by molar-refractivity contribution is -0.133. The van der Waals surface area contributed by atoms with Gasteiger partial charge in [-0.15, -0.1) is 0 Å². The third-order valence-corrected chi connectivity index (χ3v) is 1.01. The number of aliphatic hydroxyl groups excluding tert-OH is 1. The summed E-state index contributed by atoms with van der Waals surface area (Å²) in [6, 6.07) is 0. The number of carboxylic acids is 1. The van der Waals surface area contributed by atoms with Crippen LogP contribution in [-0.2, 0) is 4.79 Å². The number of carboxylic acid groups (broad SMARTS) is 1. The van der Waals surface area contributed by atoms with E-state index in [4.69, 9.17) is 10.2 Å². The lowest BCUT2D eigenvalue weighted by Crippen LogP contribution is -2.13. The molecule has 52 valence electrons. The van der Waals surface area contributed by atoms with Crippen molar-refractivity contribution < 1.29 is 15.0 Å². The largest absolute Gasteiger partial charge is 0.478 e. The van der Waals surface area contributed by atoms with Crippen molar-refractivity contribution in [1.29, 1.82) is 0 Å². The minimum absolute atomic E-state index is 0.0370. The van der Waals surface area contributed by atoms with Crippen LogP contribution in [0.15, 0.2) is 11.6 Å². The molecule has 0 fully saturated rings. The van der Waals surface area contributed by atoms with Gasteiger partial charge in [-0.2, -0.15) is 0 Å². The van der Waals surface area contributed by atoms with Crippen molar-refractivity contribution in [3.8, 4) is 0 Å². The Morgan fingerprint density at radius 2 is 2.11 bits per heavy atom.